The summed E-state index contributed by atoms with van der Waals surface area (Å²) < 4.78 is 11.2. The summed E-state index contributed by atoms with van der Waals surface area (Å²) in [6, 6.07) is 6.04. The molecule has 17 heteroatoms. The average molecular weight is 578 g/mol. The van der Waals surface area contributed by atoms with E-state index in [1.807, 2.05) is 0 Å². The Kier molecular flexibility index (Phi) is 7.11. The summed E-state index contributed by atoms with van der Waals surface area (Å²) in [5.41, 5.74) is 1.31. The zero-order valence-electron chi connectivity index (χ0n) is 17.7. The van der Waals surface area contributed by atoms with E-state index in [-0.39, 0.29) is 23.4 Å². The highest BCUT2D eigenvalue weighted by Crippen LogP contribution is 2.36. The lowest BCUT2D eigenvalue weighted by atomic mass is 10.1. The van der Waals surface area contributed by atoms with Crippen LogP contribution in [0.4, 0.5) is 16.5 Å². The van der Waals surface area contributed by atoms with E-state index in [0.29, 0.717) is 27.6 Å². The van der Waals surface area contributed by atoms with Crippen LogP contribution < -0.4 is 20.2 Å². The number of amides is 2. The van der Waals surface area contributed by atoms with E-state index in [1.165, 1.54) is 6.21 Å². The Hall–Kier alpha value is -4.51. The average Bonchev–Trinajstić information content (AvgIpc) is 3.47. The number of halogens is 1. The molecule has 2 amide bonds. The summed E-state index contributed by atoms with van der Waals surface area (Å²) in [6.07, 6.45) is 1.21. The van der Waals surface area contributed by atoms with Crippen LogP contribution in [0.2, 0.25) is 0 Å². The van der Waals surface area contributed by atoms with Gasteiger partial charge in [0.2, 0.25) is 17.8 Å². The quantitative estimate of drug-likeness (QED) is 0.227. The molecule has 1 aliphatic rings. The molecule has 0 aliphatic carbocycles. The maximum Gasteiger partial charge on any atom is 0.289 e. The maximum absolute atomic E-state index is 12.5. The van der Waals surface area contributed by atoms with E-state index in [2.05, 4.69) is 42.0 Å². The number of carbonyl (C=O) groups is 2. The molecule has 0 fully saturated rings. The van der Waals surface area contributed by atoms with Crippen LogP contribution in [0.25, 0.3) is 0 Å². The summed E-state index contributed by atoms with van der Waals surface area (Å²) in [5.74, 6) is -0.287. The first-order valence-electron chi connectivity index (χ1n) is 9.69. The maximum atomic E-state index is 12.5. The number of nitro groups is 2. The molecule has 4 rings (SSSR count). The first-order chi connectivity index (χ1) is 17.2. The number of hydrazone groups is 1. The van der Waals surface area contributed by atoms with Gasteiger partial charge in [0.1, 0.15) is 10.6 Å². The molecule has 0 bridgehead atoms. The largest absolute Gasteiger partial charge is 0.454 e. The second-order valence-corrected chi connectivity index (χ2v) is 8.78. The first-order valence-corrected chi connectivity index (χ1v) is 11.3. The number of fused-ring (bicyclic) bond motifs is 1. The van der Waals surface area contributed by atoms with Crippen molar-refractivity contribution >= 4 is 61.8 Å². The van der Waals surface area contributed by atoms with Crippen molar-refractivity contribution in [1.29, 1.82) is 0 Å². The number of nitrogens with zero attached hydrogens (tertiary/aromatic N) is 5. The smallest absolute Gasteiger partial charge is 0.289 e. The molecule has 3 aromatic rings. The van der Waals surface area contributed by atoms with Crippen LogP contribution in [-0.2, 0) is 11.2 Å². The molecule has 184 valence electrons. The molecule has 0 saturated heterocycles. The highest BCUT2D eigenvalue weighted by Gasteiger charge is 2.25. The van der Waals surface area contributed by atoms with Gasteiger partial charge in [0.05, 0.1) is 28.5 Å². The van der Waals surface area contributed by atoms with Crippen molar-refractivity contribution in [3.05, 3.63) is 71.2 Å². The number of anilines is 1. The zero-order chi connectivity index (χ0) is 25.8. The number of non-ortho nitro benzene ring substituents is 1. The molecule has 36 heavy (non-hydrogen) atoms. The predicted octanol–water partition coefficient (Wildman–Crippen LogP) is 2.79. The van der Waals surface area contributed by atoms with Gasteiger partial charge >= 0.3 is 0 Å². The predicted molar refractivity (Wildman–Crippen MR) is 127 cm³/mol. The minimum atomic E-state index is -0.914. The topological polar surface area (TPSA) is 201 Å². The van der Waals surface area contributed by atoms with Crippen molar-refractivity contribution in [3.63, 3.8) is 0 Å². The fourth-order valence-electron chi connectivity index (χ4n) is 2.90. The van der Waals surface area contributed by atoms with Crippen molar-refractivity contribution in [3.8, 4) is 11.5 Å². The molecule has 0 atom stereocenters. The van der Waals surface area contributed by atoms with E-state index in [1.54, 1.807) is 12.1 Å². The highest BCUT2D eigenvalue weighted by molar-refractivity contribution is 9.10. The van der Waals surface area contributed by atoms with Crippen molar-refractivity contribution in [2.24, 2.45) is 5.10 Å². The Labute approximate surface area is 212 Å². The number of nitro benzene ring substituents is 2. The molecule has 0 radical (unpaired) electrons. The van der Waals surface area contributed by atoms with Crippen LogP contribution in [0.15, 0.2) is 39.9 Å². The Balaban J connectivity index is 1.36. The van der Waals surface area contributed by atoms with Crippen LogP contribution in [0.5, 0.6) is 11.5 Å². The minimum Gasteiger partial charge on any atom is -0.454 e. The van der Waals surface area contributed by atoms with Crippen LogP contribution in [0.3, 0.4) is 0 Å². The van der Waals surface area contributed by atoms with Gasteiger partial charge < -0.3 is 9.47 Å². The number of rotatable bonds is 8. The lowest BCUT2D eigenvalue weighted by Crippen LogP contribution is -2.19. The van der Waals surface area contributed by atoms with Crippen molar-refractivity contribution < 1.29 is 28.9 Å². The first kappa shape index (κ1) is 24.6. The standard InChI is InChI=1S/C19H12BrN7O8S/c20-12-5-15-14(34-8-35-15)3-9(12)7-21-23-16(28)6-17-24-25-19(36-17)22-18(29)11-2-1-10(26(30)31)4-13(11)27(32)33/h1-5,7H,6,8H2,(H,23,28)(H,22,25,29)/b21-7-. The molecule has 15 nitrogen and oxygen atoms in total. The van der Waals surface area contributed by atoms with Gasteiger partial charge in [0, 0.05) is 16.1 Å². The van der Waals surface area contributed by atoms with Crippen LogP contribution in [0, 0.1) is 20.2 Å². The SMILES string of the molecule is O=C(Cc1nnc(NC(=O)c2ccc([N+](=O)[O-])cc2[N+](=O)[O-])s1)N/N=C\c1cc2c(cc1Br)OCO2. The normalized spacial score (nSPS) is 11.9. The lowest BCUT2D eigenvalue weighted by molar-refractivity contribution is -0.394. The van der Waals surface area contributed by atoms with Gasteiger partial charge in [-0.25, -0.2) is 5.43 Å². The molecule has 2 heterocycles. The monoisotopic (exact) mass is 577 g/mol. The molecular weight excluding hydrogens is 566 g/mol. The van der Waals surface area contributed by atoms with Gasteiger partial charge in [-0.3, -0.25) is 35.1 Å². The van der Waals surface area contributed by atoms with E-state index in [9.17, 15) is 29.8 Å². The second-order valence-electron chi connectivity index (χ2n) is 6.87. The third-order valence-corrected chi connectivity index (χ3v) is 6.04. The van der Waals surface area contributed by atoms with E-state index in [4.69, 9.17) is 9.47 Å². The number of aromatic nitrogens is 2. The Morgan fingerprint density at radius 2 is 1.89 bits per heavy atom. The lowest BCUT2D eigenvalue weighted by Gasteiger charge is -2.02. The fraction of sp³-hybridized carbons (Fsp3) is 0.105. The van der Waals surface area contributed by atoms with Gasteiger partial charge in [-0.1, -0.05) is 11.3 Å². The van der Waals surface area contributed by atoms with Crippen LogP contribution in [0.1, 0.15) is 20.9 Å². The van der Waals surface area contributed by atoms with Crippen LogP contribution >= 0.6 is 27.3 Å². The number of hydrogen-bond acceptors (Lipinski definition) is 12. The summed E-state index contributed by atoms with van der Waals surface area (Å²) in [7, 11) is 0. The van der Waals surface area contributed by atoms with E-state index in [0.717, 1.165) is 23.5 Å². The number of benzene rings is 2. The fourth-order valence-corrected chi connectivity index (χ4v) is 4.06. The number of ether oxygens (including phenoxy) is 2. The van der Waals surface area contributed by atoms with Crippen LogP contribution in [-0.4, -0.2) is 44.9 Å². The summed E-state index contributed by atoms with van der Waals surface area (Å²) in [6.45, 7) is 0.119. The number of nitrogens with one attached hydrogen (secondary N) is 2. The van der Waals surface area contributed by atoms with E-state index < -0.39 is 38.6 Å². The van der Waals surface area contributed by atoms with E-state index >= 15 is 0 Å². The highest BCUT2D eigenvalue weighted by atomic mass is 79.9. The third-order valence-electron chi connectivity index (χ3n) is 4.52. The molecule has 2 N–H and O–H groups in total. The number of carbonyl (C=O) groups excluding carboxylic acids is 2. The number of hydrogen-bond donors (Lipinski definition) is 2. The summed E-state index contributed by atoms with van der Waals surface area (Å²) in [5, 5.41) is 36.0. The van der Waals surface area contributed by atoms with Crippen molar-refractivity contribution in [2.75, 3.05) is 12.1 Å². The Bertz CT molecular complexity index is 1430. The van der Waals surface area contributed by atoms with Crippen molar-refractivity contribution in [1.82, 2.24) is 15.6 Å². The van der Waals surface area contributed by atoms with Gasteiger partial charge in [-0.15, -0.1) is 10.2 Å². The zero-order valence-corrected chi connectivity index (χ0v) is 20.1. The van der Waals surface area contributed by atoms with Crippen molar-refractivity contribution in [2.45, 2.75) is 6.42 Å². The third kappa shape index (κ3) is 5.58. The van der Waals surface area contributed by atoms with Gasteiger partial charge in [0.15, 0.2) is 11.5 Å². The molecule has 0 unspecified atom stereocenters. The Morgan fingerprint density at radius 1 is 1.14 bits per heavy atom. The second kappa shape index (κ2) is 10.4. The molecule has 1 aliphatic heterocycles. The summed E-state index contributed by atoms with van der Waals surface area (Å²) >= 11 is 4.24. The Morgan fingerprint density at radius 3 is 2.61 bits per heavy atom. The van der Waals surface area contributed by atoms with Gasteiger partial charge in [-0.05, 0) is 34.1 Å². The molecule has 0 saturated carbocycles. The van der Waals surface area contributed by atoms with Gasteiger partial charge in [0.25, 0.3) is 17.3 Å². The van der Waals surface area contributed by atoms with Gasteiger partial charge in [-0.2, -0.15) is 5.10 Å². The minimum absolute atomic E-state index is 0.0248. The molecule has 2 aromatic carbocycles. The molecular formula is C19H12BrN7O8S. The molecule has 1 aromatic heterocycles. The molecule has 0 spiro atoms. The summed E-state index contributed by atoms with van der Waals surface area (Å²) in [4.78, 5) is 45.0.